The van der Waals surface area contributed by atoms with Gasteiger partial charge in [-0.1, -0.05) is 11.6 Å². The number of pyridine rings is 1. The molecule has 0 aliphatic heterocycles. The van der Waals surface area contributed by atoms with Crippen molar-refractivity contribution in [1.82, 2.24) is 4.98 Å². The third-order valence-corrected chi connectivity index (χ3v) is 2.42. The molecule has 2 rings (SSSR count). The van der Waals surface area contributed by atoms with E-state index in [0.717, 1.165) is 10.9 Å². The second-order valence-electron chi connectivity index (χ2n) is 2.89. The van der Waals surface area contributed by atoms with Gasteiger partial charge in [-0.15, -0.1) is 0 Å². The van der Waals surface area contributed by atoms with Gasteiger partial charge in [0.05, 0.1) is 10.5 Å². The van der Waals surface area contributed by atoms with Crippen LogP contribution < -0.4 is 0 Å². The molecule has 0 unspecified atom stereocenters. The highest BCUT2D eigenvalue weighted by molar-refractivity contribution is 6.32. The van der Waals surface area contributed by atoms with Crippen molar-refractivity contribution in [3.05, 3.63) is 40.8 Å². The van der Waals surface area contributed by atoms with Crippen LogP contribution in [0.1, 0.15) is 5.56 Å². The van der Waals surface area contributed by atoms with Crippen LogP contribution in [-0.4, -0.2) is 4.98 Å². The summed E-state index contributed by atoms with van der Waals surface area (Å²) in [6, 6.07) is 4.50. The molecule has 1 heterocycles. The fourth-order valence-electron chi connectivity index (χ4n) is 1.28. The van der Waals surface area contributed by atoms with Crippen LogP contribution in [0.5, 0.6) is 0 Å². The van der Waals surface area contributed by atoms with Crippen molar-refractivity contribution in [1.29, 1.82) is 0 Å². The van der Waals surface area contributed by atoms with E-state index in [1.54, 1.807) is 12.3 Å². The molecular weight excluding hydrogens is 189 g/mol. The van der Waals surface area contributed by atoms with Crippen molar-refractivity contribution in [2.75, 3.05) is 0 Å². The Morgan fingerprint density at radius 3 is 2.92 bits per heavy atom. The first kappa shape index (κ1) is 8.45. The van der Waals surface area contributed by atoms with Gasteiger partial charge in [-0.25, -0.2) is 4.39 Å². The van der Waals surface area contributed by atoms with Crippen molar-refractivity contribution >= 4 is 22.5 Å². The third-order valence-electron chi connectivity index (χ3n) is 2.04. The molecule has 0 amide bonds. The van der Waals surface area contributed by atoms with Gasteiger partial charge in [0, 0.05) is 17.6 Å². The Morgan fingerprint density at radius 2 is 2.15 bits per heavy atom. The minimum Gasteiger partial charge on any atom is -0.255 e. The number of aromatic nitrogens is 1. The molecule has 0 spiro atoms. The van der Waals surface area contributed by atoms with Crippen LogP contribution in [0, 0.1) is 12.7 Å². The van der Waals surface area contributed by atoms with E-state index in [9.17, 15) is 4.39 Å². The first-order chi connectivity index (χ1) is 6.18. The monoisotopic (exact) mass is 195 g/mol. The average Bonchev–Trinajstić information content (AvgIpc) is 2.12. The lowest BCUT2D eigenvalue weighted by Gasteiger charge is -2.02. The van der Waals surface area contributed by atoms with Gasteiger partial charge in [-0.05, 0) is 24.6 Å². The number of fused-ring (bicyclic) bond motifs is 1. The molecule has 0 aliphatic carbocycles. The lowest BCUT2D eigenvalue weighted by Crippen LogP contribution is -1.85. The molecule has 1 aromatic heterocycles. The SMILES string of the molecule is Cc1c(Cl)cnc2cc(F)ccc12. The predicted octanol–water partition coefficient (Wildman–Crippen LogP) is 3.34. The lowest BCUT2D eigenvalue weighted by atomic mass is 10.1. The number of nitrogens with zero attached hydrogens (tertiary/aromatic N) is 1. The van der Waals surface area contributed by atoms with Crippen LogP contribution in [0.2, 0.25) is 5.02 Å². The lowest BCUT2D eigenvalue weighted by molar-refractivity contribution is 0.629. The largest absolute Gasteiger partial charge is 0.255 e. The Kier molecular flexibility index (Phi) is 1.93. The summed E-state index contributed by atoms with van der Waals surface area (Å²) in [7, 11) is 0. The van der Waals surface area contributed by atoms with E-state index >= 15 is 0 Å². The van der Waals surface area contributed by atoms with E-state index in [4.69, 9.17) is 11.6 Å². The summed E-state index contributed by atoms with van der Waals surface area (Å²) in [4.78, 5) is 4.03. The fourth-order valence-corrected chi connectivity index (χ4v) is 1.43. The van der Waals surface area contributed by atoms with Crippen molar-refractivity contribution in [3.63, 3.8) is 0 Å². The van der Waals surface area contributed by atoms with Gasteiger partial charge in [0.1, 0.15) is 5.82 Å². The van der Waals surface area contributed by atoms with E-state index in [0.29, 0.717) is 10.5 Å². The van der Waals surface area contributed by atoms with Gasteiger partial charge in [0.2, 0.25) is 0 Å². The highest BCUT2D eigenvalue weighted by Crippen LogP contribution is 2.23. The number of benzene rings is 1. The van der Waals surface area contributed by atoms with Crippen LogP contribution in [0.3, 0.4) is 0 Å². The fraction of sp³-hybridized carbons (Fsp3) is 0.100. The van der Waals surface area contributed by atoms with Gasteiger partial charge >= 0.3 is 0 Å². The number of halogens is 2. The molecule has 1 aromatic carbocycles. The Morgan fingerprint density at radius 1 is 1.38 bits per heavy atom. The maximum atomic E-state index is 12.8. The zero-order valence-electron chi connectivity index (χ0n) is 7.01. The van der Waals surface area contributed by atoms with Crippen LogP contribution in [0.25, 0.3) is 10.9 Å². The second kappa shape index (κ2) is 2.96. The van der Waals surface area contributed by atoms with Crippen LogP contribution >= 0.6 is 11.6 Å². The van der Waals surface area contributed by atoms with Gasteiger partial charge < -0.3 is 0 Å². The molecule has 0 atom stereocenters. The van der Waals surface area contributed by atoms with Crippen LogP contribution in [-0.2, 0) is 0 Å². The molecule has 0 N–H and O–H groups in total. The van der Waals surface area contributed by atoms with E-state index in [1.807, 2.05) is 6.92 Å². The van der Waals surface area contributed by atoms with Crippen molar-refractivity contribution < 1.29 is 4.39 Å². The summed E-state index contributed by atoms with van der Waals surface area (Å²) in [5.74, 6) is -0.276. The predicted molar refractivity (Wildman–Crippen MR) is 51.4 cm³/mol. The zero-order valence-corrected chi connectivity index (χ0v) is 7.77. The molecule has 13 heavy (non-hydrogen) atoms. The van der Waals surface area contributed by atoms with Crippen molar-refractivity contribution in [3.8, 4) is 0 Å². The topological polar surface area (TPSA) is 12.9 Å². The van der Waals surface area contributed by atoms with E-state index in [2.05, 4.69) is 4.98 Å². The first-order valence-electron chi connectivity index (χ1n) is 3.89. The average molecular weight is 196 g/mol. The number of aryl methyl sites for hydroxylation is 1. The number of hydrogen-bond acceptors (Lipinski definition) is 1. The minimum atomic E-state index is -0.276. The smallest absolute Gasteiger partial charge is 0.125 e. The quantitative estimate of drug-likeness (QED) is 0.628. The normalized spacial score (nSPS) is 10.7. The van der Waals surface area contributed by atoms with Gasteiger partial charge in [-0.2, -0.15) is 0 Å². The molecule has 3 heteroatoms. The zero-order chi connectivity index (χ0) is 9.42. The molecule has 0 bridgehead atoms. The first-order valence-corrected chi connectivity index (χ1v) is 4.26. The Bertz CT molecular complexity index is 468. The maximum Gasteiger partial charge on any atom is 0.125 e. The standard InChI is InChI=1S/C10H7ClFN/c1-6-8-3-2-7(12)4-10(8)13-5-9(6)11/h2-5H,1H3. The van der Waals surface area contributed by atoms with E-state index in [1.165, 1.54) is 12.1 Å². The Hall–Kier alpha value is -1.15. The molecule has 0 radical (unpaired) electrons. The molecule has 66 valence electrons. The van der Waals surface area contributed by atoms with Crippen LogP contribution in [0.15, 0.2) is 24.4 Å². The van der Waals surface area contributed by atoms with Gasteiger partial charge in [-0.3, -0.25) is 4.98 Å². The Labute approximate surface area is 80.2 Å². The Balaban J connectivity index is 2.87. The van der Waals surface area contributed by atoms with E-state index < -0.39 is 0 Å². The molecule has 0 fully saturated rings. The van der Waals surface area contributed by atoms with Crippen molar-refractivity contribution in [2.45, 2.75) is 6.92 Å². The maximum absolute atomic E-state index is 12.8. The highest BCUT2D eigenvalue weighted by atomic mass is 35.5. The molecule has 0 aliphatic rings. The van der Waals surface area contributed by atoms with Crippen molar-refractivity contribution in [2.24, 2.45) is 0 Å². The molecule has 1 nitrogen and oxygen atoms in total. The summed E-state index contributed by atoms with van der Waals surface area (Å²) < 4.78 is 12.8. The van der Waals surface area contributed by atoms with Crippen LogP contribution in [0.4, 0.5) is 4.39 Å². The molecule has 2 aromatic rings. The summed E-state index contributed by atoms with van der Waals surface area (Å²) in [6.07, 6.45) is 1.54. The summed E-state index contributed by atoms with van der Waals surface area (Å²) in [5, 5.41) is 1.51. The second-order valence-corrected chi connectivity index (χ2v) is 3.30. The molecule has 0 saturated heterocycles. The number of hydrogen-bond donors (Lipinski definition) is 0. The third kappa shape index (κ3) is 1.38. The summed E-state index contributed by atoms with van der Waals surface area (Å²) in [6.45, 7) is 1.89. The molecular formula is C10H7ClFN. The summed E-state index contributed by atoms with van der Waals surface area (Å²) >= 11 is 5.87. The van der Waals surface area contributed by atoms with Gasteiger partial charge in [0.25, 0.3) is 0 Å². The molecule has 0 saturated carbocycles. The minimum absolute atomic E-state index is 0.276. The summed E-state index contributed by atoms with van der Waals surface area (Å²) in [5.41, 5.74) is 1.58. The number of rotatable bonds is 0. The van der Waals surface area contributed by atoms with E-state index in [-0.39, 0.29) is 5.82 Å². The van der Waals surface area contributed by atoms with Gasteiger partial charge in [0.15, 0.2) is 0 Å². The highest BCUT2D eigenvalue weighted by Gasteiger charge is 2.03.